The van der Waals surface area contributed by atoms with Crippen LogP contribution in [0.3, 0.4) is 0 Å². The van der Waals surface area contributed by atoms with Gasteiger partial charge in [-0.1, -0.05) is 18.2 Å². The molecule has 15 heteroatoms. The molecule has 2 aromatic carbocycles. The maximum Gasteiger partial charge on any atom is 0.418 e. The summed E-state index contributed by atoms with van der Waals surface area (Å²) in [5.41, 5.74) is 1.08. The Labute approximate surface area is 268 Å². The highest BCUT2D eigenvalue weighted by atomic mass is 19.4. The van der Waals surface area contributed by atoms with Crippen molar-refractivity contribution < 1.29 is 45.5 Å². The summed E-state index contributed by atoms with van der Waals surface area (Å²) < 4.78 is 88.2. The summed E-state index contributed by atoms with van der Waals surface area (Å²) in [6, 6.07) is 8.50. The van der Waals surface area contributed by atoms with Crippen LogP contribution in [0.5, 0.6) is 0 Å². The number of para-hydroxylation sites is 1. The number of piperidine rings is 2. The zero-order valence-corrected chi connectivity index (χ0v) is 26.0. The Morgan fingerprint density at radius 2 is 1.55 bits per heavy atom. The van der Waals surface area contributed by atoms with Crippen molar-refractivity contribution in [2.24, 2.45) is 0 Å². The molecule has 2 fully saturated rings. The van der Waals surface area contributed by atoms with Crippen molar-refractivity contribution in [3.63, 3.8) is 0 Å². The van der Waals surface area contributed by atoms with E-state index >= 15 is 0 Å². The Hall–Kier alpha value is -4.01. The van der Waals surface area contributed by atoms with Gasteiger partial charge in [0.2, 0.25) is 5.91 Å². The normalized spacial score (nSPS) is 19.4. The lowest BCUT2D eigenvalue weighted by Gasteiger charge is -2.44. The van der Waals surface area contributed by atoms with E-state index in [-0.39, 0.29) is 44.5 Å². The molecule has 1 atom stereocenters. The number of hydrogen-bond acceptors (Lipinski definition) is 6. The number of benzene rings is 2. The van der Waals surface area contributed by atoms with Gasteiger partial charge in [-0.3, -0.25) is 9.59 Å². The molecule has 0 radical (unpaired) electrons. The lowest BCUT2D eigenvalue weighted by Crippen LogP contribution is -2.52. The van der Waals surface area contributed by atoms with Crippen LogP contribution in [0, 0.1) is 0 Å². The maximum atomic E-state index is 13.8. The highest BCUT2D eigenvalue weighted by Crippen LogP contribution is 2.45. The summed E-state index contributed by atoms with van der Waals surface area (Å²) >= 11 is 0. The minimum Gasteiger partial charge on any atom is -0.436 e. The average molecular weight is 670 g/mol. The predicted molar refractivity (Wildman–Crippen MR) is 160 cm³/mol. The fourth-order valence-corrected chi connectivity index (χ4v) is 6.91. The van der Waals surface area contributed by atoms with E-state index in [1.807, 2.05) is 31.1 Å². The van der Waals surface area contributed by atoms with Gasteiger partial charge in [-0.2, -0.15) is 26.3 Å². The topological polar surface area (TPSA) is 108 Å². The van der Waals surface area contributed by atoms with E-state index in [1.165, 1.54) is 9.80 Å². The van der Waals surface area contributed by atoms with E-state index in [4.69, 9.17) is 10.5 Å². The number of likely N-dealkylation sites (tertiary alicyclic amines) is 2. The van der Waals surface area contributed by atoms with E-state index in [0.29, 0.717) is 43.5 Å². The van der Waals surface area contributed by atoms with E-state index in [2.05, 4.69) is 5.32 Å². The molecule has 3 aliphatic heterocycles. The molecule has 3 amide bonds. The van der Waals surface area contributed by atoms with Crippen LogP contribution in [0.25, 0.3) is 0 Å². The number of ether oxygens (including phenoxy) is 1. The van der Waals surface area contributed by atoms with E-state index in [1.54, 1.807) is 12.1 Å². The second-order valence-electron chi connectivity index (χ2n) is 12.7. The van der Waals surface area contributed by atoms with Gasteiger partial charge in [0.1, 0.15) is 0 Å². The number of nitrogens with one attached hydrogen (secondary N) is 1. The highest BCUT2D eigenvalue weighted by Gasteiger charge is 2.45. The molecule has 3 heterocycles. The first-order valence-electron chi connectivity index (χ1n) is 15.4. The molecule has 47 heavy (non-hydrogen) atoms. The van der Waals surface area contributed by atoms with Crippen LogP contribution in [-0.4, -0.2) is 85.0 Å². The van der Waals surface area contributed by atoms with E-state index in [0.717, 1.165) is 5.56 Å². The SMILES string of the molecule is CN(C)C1CCN(C(=O)[C@@H](Cc2cc(C(F)(F)F)c(N)c(C(F)(F)F)c2)OC(=O)N2CCC3(CC2)CC(=O)Nc2ccccc23)CC1. The van der Waals surface area contributed by atoms with Crippen LogP contribution in [0.2, 0.25) is 0 Å². The first-order chi connectivity index (χ1) is 22.0. The fraction of sp³-hybridized carbons (Fsp3) is 0.531. The maximum absolute atomic E-state index is 13.8. The number of carbonyl (C=O) groups excluding carboxylic acids is 3. The third-order valence-corrected chi connectivity index (χ3v) is 9.55. The van der Waals surface area contributed by atoms with E-state index < -0.39 is 64.7 Å². The zero-order valence-electron chi connectivity index (χ0n) is 26.0. The standard InChI is InChI=1S/C32H37F6N5O4/c1-41(2)20-7-11-42(12-8-20)28(45)25(17-19-15-22(31(33,34)35)27(39)23(16-19)32(36,37)38)47-29(46)43-13-9-30(10-14-43)18-26(44)40-24-6-4-3-5-21(24)30/h3-6,15-16,20,25H,7-14,17-18,39H2,1-2H3,(H,40,44)/t25-/m1/s1. The minimum absolute atomic E-state index is 0.150. The molecule has 0 aromatic heterocycles. The van der Waals surface area contributed by atoms with Crippen molar-refractivity contribution in [2.75, 3.05) is 51.3 Å². The first-order valence-corrected chi connectivity index (χ1v) is 15.4. The summed E-state index contributed by atoms with van der Waals surface area (Å²) in [4.78, 5) is 44.5. The molecule has 0 aliphatic carbocycles. The summed E-state index contributed by atoms with van der Waals surface area (Å²) in [5, 5.41) is 2.86. The third-order valence-electron chi connectivity index (χ3n) is 9.55. The molecule has 0 unspecified atom stereocenters. The monoisotopic (exact) mass is 669 g/mol. The van der Waals surface area contributed by atoms with Crippen LogP contribution in [0.4, 0.5) is 42.5 Å². The number of carbonyl (C=O) groups is 3. The number of hydrogen-bond donors (Lipinski definition) is 2. The number of fused-ring (bicyclic) bond motifs is 2. The van der Waals surface area contributed by atoms with Crippen molar-refractivity contribution in [3.05, 3.63) is 58.7 Å². The molecular formula is C32H37F6N5O4. The quantitative estimate of drug-likeness (QED) is 0.332. The predicted octanol–water partition coefficient (Wildman–Crippen LogP) is 5.28. The number of halogens is 6. The molecular weight excluding hydrogens is 632 g/mol. The molecule has 3 aliphatic rings. The Kier molecular flexibility index (Phi) is 9.41. The second-order valence-corrected chi connectivity index (χ2v) is 12.7. The molecule has 0 bridgehead atoms. The number of rotatable bonds is 5. The lowest BCUT2D eigenvalue weighted by atomic mass is 9.68. The molecule has 2 aromatic rings. The number of nitrogens with zero attached hydrogens (tertiary/aromatic N) is 3. The number of anilines is 2. The smallest absolute Gasteiger partial charge is 0.418 e. The molecule has 5 rings (SSSR count). The van der Waals surface area contributed by atoms with Crippen molar-refractivity contribution >= 4 is 29.3 Å². The lowest BCUT2D eigenvalue weighted by molar-refractivity contribution is -0.142. The average Bonchev–Trinajstić information content (AvgIpc) is 3.00. The number of nitrogen functional groups attached to an aromatic ring is 1. The Morgan fingerprint density at radius 3 is 2.11 bits per heavy atom. The van der Waals surface area contributed by atoms with Gasteiger partial charge in [0, 0.05) is 56.2 Å². The van der Waals surface area contributed by atoms with Gasteiger partial charge in [0.15, 0.2) is 6.10 Å². The highest BCUT2D eigenvalue weighted by molar-refractivity contribution is 5.95. The molecule has 1 spiro atoms. The van der Waals surface area contributed by atoms with Gasteiger partial charge >= 0.3 is 18.4 Å². The van der Waals surface area contributed by atoms with Crippen LogP contribution in [0.15, 0.2) is 36.4 Å². The first kappa shape index (κ1) is 34.3. The van der Waals surface area contributed by atoms with Crippen molar-refractivity contribution in [1.29, 1.82) is 0 Å². The Balaban J connectivity index is 1.39. The molecule has 256 valence electrons. The molecule has 3 N–H and O–H groups in total. The van der Waals surface area contributed by atoms with Crippen molar-refractivity contribution in [1.82, 2.24) is 14.7 Å². The van der Waals surface area contributed by atoms with Crippen LogP contribution >= 0.6 is 0 Å². The Bertz CT molecular complexity index is 1480. The summed E-state index contributed by atoms with van der Waals surface area (Å²) in [5.74, 6) is -0.857. The van der Waals surface area contributed by atoms with Gasteiger partial charge in [-0.15, -0.1) is 0 Å². The van der Waals surface area contributed by atoms with Gasteiger partial charge in [0.25, 0.3) is 5.91 Å². The van der Waals surface area contributed by atoms with Crippen molar-refractivity contribution in [2.45, 2.75) is 68.4 Å². The zero-order chi connectivity index (χ0) is 34.3. The largest absolute Gasteiger partial charge is 0.436 e. The van der Waals surface area contributed by atoms with Gasteiger partial charge in [0.05, 0.1) is 16.8 Å². The second kappa shape index (κ2) is 12.9. The number of amides is 3. The van der Waals surface area contributed by atoms with Gasteiger partial charge < -0.3 is 30.5 Å². The van der Waals surface area contributed by atoms with Gasteiger partial charge in [-0.05, 0) is 69.1 Å². The van der Waals surface area contributed by atoms with Crippen LogP contribution in [0.1, 0.15) is 54.4 Å². The summed E-state index contributed by atoms with van der Waals surface area (Å²) in [7, 11) is 3.79. The van der Waals surface area contributed by atoms with E-state index in [9.17, 15) is 40.7 Å². The molecule has 2 saturated heterocycles. The third kappa shape index (κ3) is 7.29. The number of nitrogens with two attached hydrogens (primary N) is 1. The minimum atomic E-state index is -5.21. The summed E-state index contributed by atoms with van der Waals surface area (Å²) in [6.07, 6.45) is -11.5. The Morgan fingerprint density at radius 1 is 0.979 bits per heavy atom. The molecule has 0 saturated carbocycles. The number of alkyl halides is 6. The summed E-state index contributed by atoms with van der Waals surface area (Å²) in [6.45, 7) is 0.862. The molecule has 9 nitrogen and oxygen atoms in total. The fourth-order valence-electron chi connectivity index (χ4n) is 6.91. The van der Waals surface area contributed by atoms with Crippen LogP contribution < -0.4 is 11.1 Å². The van der Waals surface area contributed by atoms with Gasteiger partial charge in [-0.25, -0.2) is 4.79 Å². The van der Waals surface area contributed by atoms with Crippen molar-refractivity contribution in [3.8, 4) is 0 Å². The van der Waals surface area contributed by atoms with Crippen LogP contribution in [-0.2, 0) is 38.5 Å².